The Morgan fingerprint density at radius 1 is 0.833 bits per heavy atom. The van der Waals surface area contributed by atoms with Gasteiger partial charge < -0.3 is 0 Å². The third kappa shape index (κ3) is 6.92. The summed E-state index contributed by atoms with van der Waals surface area (Å²) in [6.45, 7) is 0. The van der Waals surface area contributed by atoms with Crippen LogP contribution in [0.5, 0.6) is 0 Å². The van der Waals surface area contributed by atoms with Crippen molar-refractivity contribution in [3.8, 4) is 0 Å². The Labute approximate surface area is 165 Å². The van der Waals surface area contributed by atoms with Crippen LogP contribution in [0.15, 0.2) is 36.4 Å². The van der Waals surface area contributed by atoms with Crippen LogP contribution in [0, 0.1) is 0 Å². The zero-order valence-corrected chi connectivity index (χ0v) is 17.8. The van der Waals surface area contributed by atoms with Crippen molar-refractivity contribution in [1.82, 2.24) is 0 Å². The molecule has 3 heteroatoms. The minimum atomic E-state index is 0.220. The summed E-state index contributed by atoms with van der Waals surface area (Å²) in [5.74, 6) is 0. The second-order valence-corrected chi connectivity index (χ2v) is 9.95. The van der Waals surface area contributed by atoms with E-state index in [0.717, 1.165) is 11.3 Å². The third-order valence-corrected chi connectivity index (χ3v) is 9.05. The first kappa shape index (κ1) is 20.7. The molecule has 2 saturated carbocycles. The maximum atomic E-state index is 4.49. The molecule has 0 bridgehead atoms. The van der Waals surface area contributed by atoms with Gasteiger partial charge in [0.15, 0.2) is 0 Å². The first-order valence-corrected chi connectivity index (χ1v) is 13.2. The summed E-state index contributed by atoms with van der Waals surface area (Å²) in [4.78, 5) is 0. The fourth-order valence-corrected chi connectivity index (χ4v) is 7.89. The first-order valence-electron chi connectivity index (χ1n) is 9.53. The van der Waals surface area contributed by atoms with Gasteiger partial charge in [0, 0.05) is 0 Å². The summed E-state index contributed by atoms with van der Waals surface area (Å²) in [6.07, 6.45) is 21.3. The molecule has 0 heterocycles. The zero-order valence-electron chi connectivity index (χ0n) is 14.6. The van der Waals surface area contributed by atoms with Crippen molar-refractivity contribution in [3.05, 3.63) is 42.0 Å². The Morgan fingerprint density at radius 3 is 1.83 bits per heavy atom. The fourth-order valence-electron chi connectivity index (χ4n) is 4.30. The van der Waals surface area contributed by atoms with Crippen LogP contribution < -0.4 is 0 Å². The molecule has 2 fully saturated rings. The average Bonchev–Trinajstić information content (AvgIpc) is 2.69. The summed E-state index contributed by atoms with van der Waals surface area (Å²) >= 11 is 2.22. The van der Waals surface area contributed by atoms with Gasteiger partial charge in [0.25, 0.3) is 0 Å². The molecule has 0 saturated heterocycles. The van der Waals surface area contributed by atoms with Crippen LogP contribution in [0.2, 0.25) is 0 Å². The molecule has 0 radical (unpaired) electrons. The molecule has 24 heavy (non-hydrogen) atoms. The van der Waals surface area contributed by atoms with Crippen LogP contribution in [0.1, 0.15) is 69.8 Å². The fraction of sp³-hybridized carbons (Fsp3) is 0.619. The molecule has 0 unspecified atom stereocenters. The molecule has 0 aliphatic heterocycles. The molecule has 0 amide bonds. The monoisotopic (exact) mass is 455 g/mol. The van der Waals surface area contributed by atoms with Crippen molar-refractivity contribution in [1.29, 1.82) is 0 Å². The van der Waals surface area contributed by atoms with Crippen molar-refractivity contribution in [2.45, 2.75) is 75.5 Å². The average molecular weight is 456 g/mol. The van der Waals surface area contributed by atoms with Gasteiger partial charge in [-0.05, 0) is 48.7 Å². The Balaban J connectivity index is 0.00000100. The van der Waals surface area contributed by atoms with E-state index in [2.05, 4.69) is 70.2 Å². The molecule has 0 nitrogen and oxygen atoms in total. The molecule has 1 aromatic carbocycles. The molecule has 137 valence electrons. The summed E-state index contributed by atoms with van der Waals surface area (Å²) in [5, 5.41) is 0. The molecule has 0 spiro atoms. The molecule has 2 aliphatic carbocycles. The van der Waals surface area contributed by atoms with E-state index in [-0.39, 0.29) is 7.92 Å². The van der Waals surface area contributed by atoms with Crippen LogP contribution in [-0.4, -0.2) is 17.5 Å². The molecule has 1 aromatic rings. The van der Waals surface area contributed by atoms with Gasteiger partial charge >= 0.3 is 27.7 Å². The standard InChI is InChI=1S/C21H31P.ClH.Pd/c1-4-11-19(12-5-1)13-10-18-22(20-14-6-2-7-15-20)21-16-8-3-9-17-21;;/h1,4-5,10-13,20-21H,2-3,6-9,14-18H2;1H;/q;;+1/p-1/b13-10+;;. The quantitative estimate of drug-likeness (QED) is 0.317. The van der Waals surface area contributed by atoms with Crippen molar-refractivity contribution >= 4 is 23.5 Å². The number of benzene rings is 1. The predicted octanol–water partition coefficient (Wildman–Crippen LogP) is 7.53. The maximum absolute atomic E-state index is 4.49. The van der Waals surface area contributed by atoms with Gasteiger partial charge in [0.1, 0.15) is 0 Å². The number of halogens is 1. The predicted molar refractivity (Wildman–Crippen MR) is 107 cm³/mol. The van der Waals surface area contributed by atoms with Gasteiger partial charge in [-0.25, -0.2) is 0 Å². The van der Waals surface area contributed by atoms with Crippen molar-refractivity contribution in [2.75, 3.05) is 6.16 Å². The van der Waals surface area contributed by atoms with Gasteiger partial charge in [-0.3, -0.25) is 0 Å². The number of rotatable bonds is 5. The molecule has 0 atom stereocenters. The summed E-state index contributed by atoms with van der Waals surface area (Å²) in [6, 6.07) is 10.8. The second kappa shape index (κ2) is 12.7. The van der Waals surface area contributed by atoms with Crippen LogP contribution in [0.25, 0.3) is 6.08 Å². The molecular formula is C21H31ClPPd. The van der Waals surface area contributed by atoms with Gasteiger partial charge in [-0.15, -0.1) is 0 Å². The number of allylic oxidation sites excluding steroid dienone is 1. The first-order chi connectivity index (χ1) is 11.9. The normalized spacial score (nSPS) is 20.2. The van der Waals surface area contributed by atoms with E-state index in [0.29, 0.717) is 0 Å². The van der Waals surface area contributed by atoms with Gasteiger partial charge in [0.2, 0.25) is 0 Å². The molecular weight excluding hydrogens is 425 g/mol. The molecule has 3 rings (SSSR count). The molecule has 0 aromatic heterocycles. The minimum absolute atomic E-state index is 0.220. The Kier molecular flexibility index (Phi) is 10.9. The van der Waals surface area contributed by atoms with Crippen LogP contribution in [-0.2, 0) is 18.2 Å². The van der Waals surface area contributed by atoms with E-state index in [1.165, 1.54) is 75.9 Å². The van der Waals surface area contributed by atoms with E-state index < -0.39 is 0 Å². The van der Waals surface area contributed by atoms with Gasteiger partial charge in [-0.2, -0.15) is 0 Å². The third-order valence-electron chi connectivity index (χ3n) is 5.51. The number of hydrogen-bond acceptors (Lipinski definition) is 0. The molecule has 0 N–H and O–H groups in total. The number of hydrogen-bond donors (Lipinski definition) is 0. The summed E-state index contributed by atoms with van der Waals surface area (Å²) < 4.78 is 0. The van der Waals surface area contributed by atoms with Crippen LogP contribution >= 0.6 is 17.5 Å². The summed E-state index contributed by atoms with van der Waals surface area (Å²) in [7, 11) is 4.71. The van der Waals surface area contributed by atoms with Crippen LogP contribution in [0.4, 0.5) is 0 Å². The zero-order chi connectivity index (χ0) is 17.0. The topological polar surface area (TPSA) is 0 Å². The van der Waals surface area contributed by atoms with E-state index in [1.807, 2.05) is 0 Å². The SMILES string of the molecule is C(=C\c1ccccc1)/CP(C1CCCCC1)C1CCCCC1.[Cl][Pd]. The van der Waals surface area contributed by atoms with Crippen LogP contribution in [0.3, 0.4) is 0 Å². The Hall–Kier alpha value is 0.342. The molecule has 2 aliphatic rings. The summed E-state index contributed by atoms with van der Waals surface area (Å²) in [5.41, 5.74) is 3.52. The van der Waals surface area contributed by atoms with E-state index >= 15 is 0 Å². The second-order valence-electron chi connectivity index (χ2n) is 7.09. The van der Waals surface area contributed by atoms with E-state index in [1.54, 1.807) is 0 Å². The van der Waals surface area contributed by atoms with E-state index in [9.17, 15) is 0 Å². The van der Waals surface area contributed by atoms with E-state index in [4.69, 9.17) is 0 Å². The Bertz CT molecular complexity index is 432. The van der Waals surface area contributed by atoms with Gasteiger partial charge in [0.05, 0.1) is 0 Å². The van der Waals surface area contributed by atoms with Crippen molar-refractivity contribution < 1.29 is 18.2 Å². The van der Waals surface area contributed by atoms with Gasteiger partial charge in [-0.1, -0.05) is 88.9 Å². The van der Waals surface area contributed by atoms with Crippen molar-refractivity contribution in [3.63, 3.8) is 0 Å². The van der Waals surface area contributed by atoms with Crippen molar-refractivity contribution in [2.24, 2.45) is 0 Å². The Morgan fingerprint density at radius 2 is 1.33 bits per heavy atom.